The first kappa shape index (κ1) is 23.4. The lowest BCUT2D eigenvalue weighted by atomic mass is 10.2. The molecule has 0 aromatic heterocycles. The Bertz CT molecular complexity index is 833. The fraction of sp³-hybridized carbons (Fsp3) is 0.300. The molecule has 3 N–H and O–H groups in total. The lowest BCUT2D eigenvalue weighted by Gasteiger charge is -2.22. The van der Waals surface area contributed by atoms with E-state index < -0.39 is 23.4 Å². The van der Waals surface area contributed by atoms with Crippen molar-refractivity contribution in [1.29, 1.82) is 0 Å². The van der Waals surface area contributed by atoms with E-state index in [1.807, 2.05) is 30.3 Å². The van der Waals surface area contributed by atoms with Crippen LogP contribution >= 0.6 is 11.8 Å². The molecule has 0 aliphatic heterocycles. The second kappa shape index (κ2) is 10.8. The fourth-order valence-corrected chi connectivity index (χ4v) is 3.52. The van der Waals surface area contributed by atoms with Crippen LogP contribution in [-0.2, 0) is 15.3 Å². The fourth-order valence-electron chi connectivity index (χ4n) is 2.48. The van der Waals surface area contributed by atoms with E-state index in [9.17, 15) is 22.8 Å². The molecule has 2 amide bonds. The average molecular weight is 441 g/mol. The van der Waals surface area contributed by atoms with Crippen LogP contribution < -0.4 is 15.8 Å². The number of primary amides is 1. The smallest absolute Gasteiger partial charge is 0.406 e. The zero-order valence-electron chi connectivity index (χ0n) is 16.2. The molecule has 0 saturated carbocycles. The van der Waals surface area contributed by atoms with Gasteiger partial charge in [-0.25, -0.2) is 0 Å². The number of nitrogens with one attached hydrogen (secondary N) is 1. The summed E-state index contributed by atoms with van der Waals surface area (Å²) in [5.74, 6) is -0.959. The Labute approximate surface area is 176 Å². The lowest BCUT2D eigenvalue weighted by Crippen LogP contribution is -2.43. The van der Waals surface area contributed by atoms with Gasteiger partial charge in [0.1, 0.15) is 5.75 Å². The number of thioether (sulfide) groups is 1. The number of alkyl halides is 3. The van der Waals surface area contributed by atoms with Crippen molar-refractivity contribution in [3.05, 3.63) is 60.2 Å². The highest BCUT2D eigenvalue weighted by Gasteiger charge is 2.31. The molecule has 2 aromatic carbocycles. The summed E-state index contributed by atoms with van der Waals surface area (Å²) >= 11 is 1.16. The molecular formula is C20H22F3N3O3S. The number of hydrogen-bond acceptors (Lipinski definition) is 5. The third-order valence-corrected chi connectivity index (χ3v) is 5.25. The number of nitrogens with two attached hydrogens (primary N) is 1. The van der Waals surface area contributed by atoms with Gasteiger partial charge in [0, 0.05) is 31.6 Å². The number of anilines is 1. The molecule has 30 heavy (non-hydrogen) atoms. The molecule has 162 valence electrons. The van der Waals surface area contributed by atoms with Crippen LogP contribution in [0.5, 0.6) is 5.75 Å². The molecular weight excluding hydrogens is 419 g/mol. The molecule has 0 bridgehead atoms. The van der Waals surface area contributed by atoms with Crippen molar-refractivity contribution in [3.8, 4) is 5.75 Å². The number of carbonyl (C=O) groups excluding carboxylic acids is 2. The zero-order chi connectivity index (χ0) is 22.1. The number of hydrogen-bond donors (Lipinski definition) is 2. The molecule has 0 fully saturated rings. The maximum absolute atomic E-state index is 12.6. The van der Waals surface area contributed by atoms with E-state index in [-0.39, 0.29) is 12.3 Å². The Morgan fingerprint density at radius 3 is 2.33 bits per heavy atom. The minimum absolute atomic E-state index is 0.273. The number of ether oxygens (including phenoxy) is 1. The lowest BCUT2D eigenvalue weighted by molar-refractivity contribution is -0.274. The van der Waals surface area contributed by atoms with E-state index in [1.54, 1.807) is 7.05 Å². The van der Waals surface area contributed by atoms with Crippen molar-refractivity contribution in [3.63, 3.8) is 0 Å². The third-order valence-electron chi connectivity index (χ3n) is 3.98. The molecule has 10 heteroatoms. The Hall–Kier alpha value is -2.88. The van der Waals surface area contributed by atoms with Crippen molar-refractivity contribution in [1.82, 2.24) is 4.90 Å². The molecule has 1 atom stereocenters. The highest BCUT2D eigenvalue weighted by atomic mass is 32.2. The SMILES string of the molecule is CN(CCNc1ccc(OC(F)(F)F)cc1)C(=O)C(SCc1ccccc1)C(N)=O. The molecule has 0 saturated heterocycles. The topological polar surface area (TPSA) is 84.7 Å². The molecule has 2 aromatic rings. The summed E-state index contributed by atoms with van der Waals surface area (Å²) < 4.78 is 40.3. The van der Waals surface area contributed by atoms with Crippen LogP contribution in [0.2, 0.25) is 0 Å². The summed E-state index contributed by atoms with van der Waals surface area (Å²) in [6.07, 6.45) is -4.74. The standard InChI is InChI=1S/C20H22F3N3O3S/c1-26(12-11-25-15-7-9-16(10-8-15)29-20(21,22)23)19(28)17(18(24)27)30-13-14-5-3-2-4-6-14/h2-10,17,25H,11-13H2,1H3,(H2,24,27). The first-order valence-electron chi connectivity index (χ1n) is 8.95. The van der Waals surface area contributed by atoms with E-state index in [4.69, 9.17) is 5.73 Å². The first-order valence-corrected chi connectivity index (χ1v) is 10.00. The van der Waals surface area contributed by atoms with Gasteiger partial charge in [-0.1, -0.05) is 30.3 Å². The normalized spacial score (nSPS) is 12.1. The molecule has 2 rings (SSSR count). The minimum Gasteiger partial charge on any atom is -0.406 e. The van der Waals surface area contributed by atoms with Gasteiger partial charge >= 0.3 is 6.36 Å². The Balaban J connectivity index is 1.82. The van der Waals surface area contributed by atoms with E-state index in [1.165, 1.54) is 29.2 Å². The van der Waals surface area contributed by atoms with Crippen molar-refractivity contribution in [2.75, 3.05) is 25.5 Å². The van der Waals surface area contributed by atoms with Crippen LogP contribution in [0.15, 0.2) is 54.6 Å². The Kier molecular flexibility index (Phi) is 8.40. The summed E-state index contributed by atoms with van der Waals surface area (Å²) in [7, 11) is 1.56. The Morgan fingerprint density at radius 1 is 1.13 bits per heavy atom. The summed E-state index contributed by atoms with van der Waals surface area (Å²) in [6, 6.07) is 14.7. The predicted octanol–water partition coefficient (Wildman–Crippen LogP) is 3.24. The third kappa shape index (κ3) is 7.86. The van der Waals surface area contributed by atoms with Gasteiger partial charge in [0.2, 0.25) is 11.8 Å². The second-order valence-corrected chi connectivity index (χ2v) is 7.43. The van der Waals surface area contributed by atoms with Crippen molar-refractivity contribution in [2.45, 2.75) is 17.4 Å². The quantitative estimate of drug-likeness (QED) is 0.553. The van der Waals surface area contributed by atoms with Crippen molar-refractivity contribution < 1.29 is 27.5 Å². The van der Waals surface area contributed by atoms with Gasteiger partial charge in [0.25, 0.3) is 0 Å². The average Bonchev–Trinajstić information content (AvgIpc) is 2.68. The van der Waals surface area contributed by atoms with Crippen molar-refractivity contribution in [2.24, 2.45) is 5.73 Å². The largest absolute Gasteiger partial charge is 0.573 e. The first-order chi connectivity index (χ1) is 14.2. The van der Waals surface area contributed by atoms with Crippen LogP contribution in [0.4, 0.5) is 18.9 Å². The van der Waals surface area contributed by atoms with Gasteiger partial charge in [-0.2, -0.15) is 0 Å². The van der Waals surface area contributed by atoms with Gasteiger partial charge < -0.3 is 20.7 Å². The number of likely N-dealkylation sites (N-methyl/N-ethyl adjacent to an activating group) is 1. The minimum atomic E-state index is -4.74. The number of carbonyl (C=O) groups is 2. The van der Waals surface area contributed by atoms with Gasteiger partial charge in [-0.3, -0.25) is 9.59 Å². The van der Waals surface area contributed by atoms with Gasteiger partial charge in [0.05, 0.1) is 0 Å². The Morgan fingerprint density at radius 2 is 1.77 bits per heavy atom. The molecule has 0 aliphatic carbocycles. The van der Waals surface area contributed by atoms with Crippen LogP contribution in [0, 0.1) is 0 Å². The van der Waals surface area contributed by atoms with Crippen LogP contribution in [-0.4, -0.2) is 48.5 Å². The van der Waals surface area contributed by atoms with E-state index >= 15 is 0 Å². The summed E-state index contributed by atoms with van der Waals surface area (Å²) in [5.41, 5.74) is 6.94. The zero-order valence-corrected chi connectivity index (χ0v) is 17.0. The number of nitrogens with zero attached hydrogens (tertiary/aromatic N) is 1. The molecule has 0 aliphatic rings. The number of amides is 2. The maximum atomic E-state index is 12.6. The van der Waals surface area contributed by atoms with Gasteiger partial charge in [0.15, 0.2) is 5.25 Å². The molecule has 1 unspecified atom stereocenters. The number of benzene rings is 2. The van der Waals surface area contributed by atoms with Crippen LogP contribution in [0.25, 0.3) is 0 Å². The van der Waals surface area contributed by atoms with Crippen molar-refractivity contribution >= 4 is 29.3 Å². The second-order valence-electron chi connectivity index (χ2n) is 6.34. The number of rotatable bonds is 10. The van der Waals surface area contributed by atoms with Gasteiger partial charge in [-0.15, -0.1) is 24.9 Å². The molecule has 0 radical (unpaired) electrons. The van der Waals surface area contributed by atoms with Gasteiger partial charge in [-0.05, 0) is 29.8 Å². The number of halogens is 3. The highest BCUT2D eigenvalue weighted by molar-refractivity contribution is 8.00. The molecule has 0 heterocycles. The monoisotopic (exact) mass is 441 g/mol. The molecule has 0 spiro atoms. The summed E-state index contributed by atoms with van der Waals surface area (Å²) in [5, 5.41) is 1.99. The van der Waals surface area contributed by atoms with E-state index in [2.05, 4.69) is 10.1 Å². The summed E-state index contributed by atoms with van der Waals surface area (Å²) in [4.78, 5) is 25.7. The predicted molar refractivity (Wildman–Crippen MR) is 110 cm³/mol. The highest BCUT2D eigenvalue weighted by Crippen LogP contribution is 2.24. The van der Waals surface area contributed by atoms with Crippen LogP contribution in [0.1, 0.15) is 5.56 Å². The maximum Gasteiger partial charge on any atom is 0.573 e. The molecule has 6 nitrogen and oxygen atoms in total. The van der Waals surface area contributed by atoms with E-state index in [0.717, 1.165) is 17.3 Å². The van der Waals surface area contributed by atoms with E-state index in [0.29, 0.717) is 18.0 Å². The van der Waals surface area contributed by atoms with Crippen LogP contribution in [0.3, 0.4) is 0 Å². The summed E-state index contributed by atoms with van der Waals surface area (Å²) in [6.45, 7) is 0.603.